The zero-order valence-corrected chi connectivity index (χ0v) is 21.2. The molecular formula is C27H35N3O4S. The van der Waals surface area contributed by atoms with Gasteiger partial charge in [0.05, 0.1) is 10.8 Å². The molecule has 2 aromatic carbocycles. The Labute approximate surface area is 208 Å². The first-order valence-electron chi connectivity index (χ1n) is 12.7. The van der Waals surface area contributed by atoms with Gasteiger partial charge in [-0.3, -0.25) is 14.3 Å². The number of piperidine rings is 1. The van der Waals surface area contributed by atoms with Gasteiger partial charge in [-0.1, -0.05) is 25.5 Å². The molecule has 1 aliphatic heterocycles. The molecule has 35 heavy (non-hydrogen) atoms. The van der Waals surface area contributed by atoms with Crippen molar-refractivity contribution in [3.05, 3.63) is 59.2 Å². The van der Waals surface area contributed by atoms with Gasteiger partial charge in [-0.15, -0.1) is 0 Å². The zero-order chi connectivity index (χ0) is 24.8. The second-order valence-electron chi connectivity index (χ2n) is 9.56. The summed E-state index contributed by atoms with van der Waals surface area (Å²) in [5.74, 6) is -0.399. The maximum atomic E-state index is 13.2. The van der Waals surface area contributed by atoms with Crippen molar-refractivity contribution in [3.63, 3.8) is 0 Å². The lowest BCUT2D eigenvalue weighted by atomic mass is 9.92. The van der Waals surface area contributed by atoms with Gasteiger partial charge in [0.15, 0.2) is 0 Å². The number of aryl methyl sites for hydroxylation is 2. The van der Waals surface area contributed by atoms with E-state index in [-0.39, 0.29) is 22.6 Å². The summed E-state index contributed by atoms with van der Waals surface area (Å²) in [4.78, 5) is 27.6. The smallest absolute Gasteiger partial charge is 0.261 e. The van der Waals surface area contributed by atoms with Crippen LogP contribution in [-0.4, -0.2) is 44.8 Å². The Hall–Kier alpha value is -2.87. The van der Waals surface area contributed by atoms with Crippen LogP contribution in [-0.2, 0) is 27.7 Å². The molecule has 4 rings (SSSR count). The van der Waals surface area contributed by atoms with Crippen LogP contribution in [0.3, 0.4) is 0 Å². The maximum Gasteiger partial charge on any atom is 0.261 e. The Kier molecular flexibility index (Phi) is 8.11. The molecule has 2 aromatic rings. The van der Waals surface area contributed by atoms with Gasteiger partial charge in [0, 0.05) is 30.9 Å². The van der Waals surface area contributed by atoms with Crippen molar-refractivity contribution in [2.75, 3.05) is 24.4 Å². The third-order valence-corrected chi connectivity index (χ3v) is 8.28. The first-order valence-corrected chi connectivity index (χ1v) is 14.2. The average molecular weight is 498 g/mol. The predicted octanol–water partition coefficient (Wildman–Crippen LogP) is 4.13. The summed E-state index contributed by atoms with van der Waals surface area (Å²) in [6, 6.07) is 11.9. The molecule has 0 spiro atoms. The number of benzene rings is 2. The van der Waals surface area contributed by atoms with Crippen LogP contribution in [0.4, 0.5) is 5.69 Å². The van der Waals surface area contributed by atoms with Gasteiger partial charge in [-0.05, 0) is 86.4 Å². The summed E-state index contributed by atoms with van der Waals surface area (Å²) in [6.45, 7) is 3.70. The minimum absolute atomic E-state index is 0.00232. The quantitative estimate of drug-likeness (QED) is 0.536. The number of likely N-dealkylation sites (tertiary alicyclic amines) is 1. The van der Waals surface area contributed by atoms with E-state index in [1.54, 1.807) is 41.3 Å². The first kappa shape index (κ1) is 25.2. The SMILES string of the molecule is CCCCNC(=O)C1CCCN(C(=O)c2cccc(NS(=O)(=O)c3ccc4c(c3)CCCC4)c2)C1. The molecule has 2 aliphatic rings. The summed E-state index contributed by atoms with van der Waals surface area (Å²) >= 11 is 0. The molecule has 7 nitrogen and oxygen atoms in total. The van der Waals surface area contributed by atoms with Gasteiger partial charge in [0.25, 0.3) is 15.9 Å². The number of rotatable bonds is 8. The van der Waals surface area contributed by atoms with Crippen molar-refractivity contribution >= 4 is 27.5 Å². The first-order chi connectivity index (χ1) is 16.9. The van der Waals surface area contributed by atoms with Crippen LogP contribution in [0.1, 0.15) is 66.9 Å². The lowest BCUT2D eigenvalue weighted by Crippen LogP contribution is -2.45. The molecule has 188 valence electrons. The molecule has 0 saturated carbocycles. The van der Waals surface area contributed by atoms with Gasteiger partial charge >= 0.3 is 0 Å². The molecule has 8 heteroatoms. The van der Waals surface area contributed by atoms with Gasteiger partial charge in [-0.25, -0.2) is 8.42 Å². The van der Waals surface area contributed by atoms with Gasteiger partial charge < -0.3 is 10.2 Å². The lowest BCUT2D eigenvalue weighted by Gasteiger charge is -2.32. The lowest BCUT2D eigenvalue weighted by molar-refractivity contribution is -0.126. The third kappa shape index (κ3) is 6.23. The number of fused-ring (bicyclic) bond motifs is 1. The van der Waals surface area contributed by atoms with Crippen LogP contribution in [0.15, 0.2) is 47.4 Å². The topological polar surface area (TPSA) is 95.6 Å². The van der Waals surface area contributed by atoms with Crippen molar-refractivity contribution in [1.29, 1.82) is 0 Å². The molecule has 1 aliphatic carbocycles. The van der Waals surface area contributed by atoms with E-state index in [1.807, 2.05) is 6.07 Å². The molecule has 1 saturated heterocycles. The summed E-state index contributed by atoms with van der Waals surface area (Å²) in [5, 5.41) is 2.97. The Morgan fingerprint density at radius 2 is 1.83 bits per heavy atom. The summed E-state index contributed by atoms with van der Waals surface area (Å²) in [5.41, 5.74) is 3.07. The fourth-order valence-corrected chi connectivity index (χ4v) is 6.00. The number of carbonyl (C=O) groups is 2. The van der Waals surface area contributed by atoms with E-state index in [0.717, 1.165) is 56.9 Å². The van der Waals surface area contributed by atoms with E-state index in [0.29, 0.717) is 30.9 Å². The van der Waals surface area contributed by atoms with Crippen molar-refractivity contribution in [3.8, 4) is 0 Å². The fourth-order valence-electron chi connectivity index (χ4n) is 4.90. The second kappa shape index (κ2) is 11.2. The number of unbranched alkanes of at least 4 members (excludes halogenated alkanes) is 1. The van der Waals surface area contributed by atoms with Crippen LogP contribution in [0, 0.1) is 5.92 Å². The van der Waals surface area contributed by atoms with Crippen LogP contribution in [0.2, 0.25) is 0 Å². The molecule has 1 atom stereocenters. The number of amides is 2. The summed E-state index contributed by atoms with van der Waals surface area (Å²) in [6.07, 6.45) is 7.59. The highest BCUT2D eigenvalue weighted by Crippen LogP contribution is 2.26. The van der Waals surface area contributed by atoms with Crippen LogP contribution in [0.5, 0.6) is 0 Å². The van der Waals surface area contributed by atoms with Crippen molar-refractivity contribution in [1.82, 2.24) is 10.2 Å². The fraction of sp³-hybridized carbons (Fsp3) is 0.481. The van der Waals surface area contributed by atoms with E-state index in [1.165, 1.54) is 5.56 Å². The number of hydrogen-bond donors (Lipinski definition) is 2. The number of sulfonamides is 1. The molecule has 2 N–H and O–H groups in total. The van der Waals surface area contributed by atoms with E-state index in [9.17, 15) is 18.0 Å². The molecule has 1 fully saturated rings. The number of nitrogens with one attached hydrogen (secondary N) is 2. The Balaban J connectivity index is 1.44. The average Bonchev–Trinajstić information content (AvgIpc) is 2.88. The maximum absolute atomic E-state index is 13.2. The number of hydrogen-bond acceptors (Lipinski definition) is 4. The Bertz CT molecular complexity index is 1180. The van der Waals surface area contributed by atoms with E-state index in [2.05, 4.69) is 17.0 Å². The minimum atomic E-state index is -3.77. The molecule has 0 radical (unpaired) electrons. The highest BCUT2D eigenvalue weighted by Gasteiger charge is 2.29. The van der Waals surface area contributed by atoms with E-state index < -0.39 is 10.0 Å². The minimum Gasteiger partial charge on any atom is -0.356 e. The number of anilines is 1. The molecule has 0 aromatic heterocycles. The summed E-state index contributed by atoms with van der Waals surface area (Å²) < 4.78 is 28.7. The molecule has 2 amide bonds. The third-order valence-electron chi connectivity index (χ3n) is 6.90. The highest BCUT2D eigenvalue weighted by molar-refractivity contribution is 7.92. The molecule has 1 unspecified atom stereocenters. The Morgan fingerprint density at radius 1 is 1.03 bits per heavy atom. The van der Waals surface area contributed by atoms with Crippen LogP contribution < -0.4 is 10.0 Å². The van der Waals surface area contributed by atoms with Gasteiger partial charge in [0.1, 0.15) is 0 Å². The second-order valence-corrected chi connectivity index (χ2v) is 11.2. The Morgan fingerprint density at radius 3 is 2.63 bits per heavy atom. The molecule has 1 heterocycles. The van der Waals surface area contributed by atoms with Gasteiger partial charge in [0.2, 0.25) is 5.91 Å². The number of nitrogens with zero attached hydrogens (tertiary/aromatic N) is 1. The van der Waals surface area contributed by atoms with E-state index >= 15 is 0 Å². The standard InChI is InChI=1S/C27H35N3O4S/c1-2-3-15-28-26(31)23-11-7-16-30(19-23)27(32)22-10-6-12-24(17-22)29-35(33,34)25-14-13-20-8-4-5-9-21(20)18-25/h6,10,12-14,17-18,23,29H,2-5,7-9,11,15-16,19H2,1H3,(H,28,31). The zero-order valence-electron chi connectivity index (χ0n) is 20.4. The van der Waals surface area contributed by atoms with Crippen LogP contribution in [0.25, 0.3) is 0 Å². The normalized spacial score (nSPS) is 18.0. The van der Waals surface area contributed by atoms with Gasteiger partial charge in [-0.2, -0.15) is 0 Å². The molecule has 0 bridgehead atoms. The largest absolute Gasteiger partial charge is 0.356 e. The van der Waals surface area contributed by atoms with E-state index in [4.69, 9.17) is 0 Å². The highest BCUT2D eigenvalue weighted by atomic mass is 32.2. The van der Waals surface area contributed by atoms with Crippen molar-refractivity contribution in [2.45, 2.75) is 63.2 Å². The van der Waals surface area contributed by atoms with Crippen LogP contribution >= 0.6 is 0 Å². The number of carbonyl (C=O) groups excluding carboxylic acids is 2. The van der Waals surface area contributed by atoms with Crippen molar-refractivity contribution in [2.24, 2.45) is 5.92 Å². The molecular weight excluding hydrogens is 462 g/mol. The predicted molar refractivity (Wildman–Crippen MR) is 137 cm³/mol. The summed E-state index contributed by atoms with van der Waals surface area (Å²) in [7, 11) is -3.77. The monoisotopic (exact) mass is 497 g/mol. The van der Waals surface area contributed by atoms with Crippen molar-refractivity contribution < 1.29 is 18.0 Å².